The van der Waals surface area contributed by atoms with Crippen molar-refractivity contribution in [2.24, 2.45) is 0 Å². The summed E-state index contributed by atoms with van der Waals surface area (Å²) in [5.74, 6) is -1.87. The zero-order valence-electron chi connectivity index (χ0n) is 10.7. The second-order valence-corrected chi connectivity index (χ2v) is 4.21. The van der Waals surface area contributed by atoms with Crippen molar-refractivity contribution in [3.05, 3.63) is 24.2 Å². The molecule has 2 atom stereocenters. The molecule has 1 aromatic heterocycles. The van der Waals surface area contributed by atoms with Crippen LogP contribution >= 0.6 is 0 Å². The maximum absolute atomic E-state index is 11.7. The molecule has 1 heterocycles. The van der Waals surface area contributed by atoms with Crippen LogP contribution in [-0.4, -0.2) is 35.0 Å². The summed E-state index contributed by atoms with van der Waals surface area (Å²) < 4.78 is 4.76. The van der Waals surface area contributed by atoms with Gasteiger partial charge in [0.2, 0.25) is 5.91 Å². The molecule has 7 nitrogen and oxygen atoms in total. The molecule has 19 heavy (non-hydrogen) atoms. The average molecular weight is 268 g/mol. The van der Waals surface area contributed by atoms with E-state index in [-0.39, 0.29) is 6.42 Å². The minimum atomic E-state index is -0.997. The predicted octanol–water partition coefficient (Wildman–Crippen LogP) is 0.377. The van der Waals surface area contributed by atoms with E-state index in [1.54, 1.807) is 6.92 Å². The number of carbonyl (C=O) groups excluding carboxylic acids is 2. The zero-order valence-corrected chi connectivity index (χ0v) is 10.7. The van der Waals surface area contributed by atoms with Gasteiger partial charge in [-0.3, -0.25) is 14.4 Å². The van der Waals surface area contributed by atoms with Crippen LogP contribution in [0.1, 0.15) is 30.6 Å². The number of rotatable bonds is 6. The van der Waals surface area contributed by atoms with Gasteiger partial charge in [0.05, 0.1) is 18.2 Å². The van der Waals surface area contributed by atoms with Crippen molar-refractivity contribution in [3.8, 4) is 0 Å². The van der Waals surface area contributed by atoms with Gasteiger partial charge in [-0.2, -0.15) is 0 Å². The molecule has 0 spiro atoms. The first-order valence-electron chi connectivity index (χ1n) is 5.75. The van der Waals surface area contributed by atoms with Crippen molar-refractivity contribution < 1.29 is 23.9 Å². The molecule has 0 radical (unpaired) electrons. The van der Waals surface area contributed by atoms with Crippen LogP contribution in [-0.2, 0) is 9.59 Å². The number of furan rings is 1. The molecule has 0 bridgehead atoms. The third-order valence-electron chi connectivity index (χ3n) is 2.39. The van der Waals surface area contributed by atoms with E-state index in [1.807, 2.05) is 0 Å². The van der Waals surface area contributed by atoms with Gasteiger partial charge in [0.25, 0.3) is 5.91 Å². The van der Waals surface area contributed by atoms with Gasteiger partial charge in [0, 0.05) is 6.04 Å². The number of amides is 2. The molecular formula is C12H16N2O5. The van der Waals surface area contributed by atoms with E-state index < -0.39 is 29.9 Å². The van der Waals surface area contributed by atoms with Crippen molar-refractivity contribution in [2.75, 3.05) is 0 Å². The Hall–Kier alpha value is -2.31. The van der Waals surface area contributed by atoms with Gasteiger partial charge in [-0.1, -0.05) is 0 Å². The molecule has 0 saturated carbocycles. The summed E-state index contributed by atoms with van der Waals surface area (Å²) in [5.41, 5.74) is 0.318. The summed E-state index contributed by atoms with van der Waals surface area (Å²) in [6.45, 7) is 3.09. The second kappa shape index (κ2) is 6.58. The largest absolute Gasteiger partial charge is 0.481 e. The van der Waals surface area contributed by atoms with Crippen molar-refractivity contribution in [1.29, 1.82) is 0 Å². The van der Waals surface area contributed by atoms with E-state index in [2.05, 4.69) is 10.6 Å². The smallest absolute Gasteiger partial charge is 0.305 e. The molecule has 2 unspecified atom stereocenters. The molecule has 7 heteroatoms. The van der Waals surface area contributed by atoms with Crippen LogP contribution in [0.15, 0.2) is 23.0 Å². The van der Waals surface area contributed by atoms with Crippen LogP contribution in [0.4, 0.5) is 0 Å². The van der Waals surface area contributed by atoms with E-state index in [0.717, 1.165) is 0 Å². The fourth-order valence-electron chi connectivity index (χ4n) is 1.42. The van der Waals surface area contributed by atoms with Gasteiger partial charge in [0.1, 0.15) is 12.3 Å². The molecule has 2 amide bonds. The minimum absolute atomic E-state index is 0.172. The Bertz CT molecular complexity index is 455. The lowest BCUT2D eigenvalue weighted by Crippen LogP contribution is -2.47. The summed E-state index contributed by atoms with van der Waals surface area (Å²) in [6, 6.07) is 0.212. The van der Waals surface area contributed by atoms with E-state index >= 15 is 0 Å². The Morgan fingerprint density at radius 3 is 2.53 bits per heavy atom. The lowest BCUT2D eigenvalue weighted by Gasteiger charge is -2.17. The minimum Gasteiger partial charge on any atom is -0.481 e. The highest BCUT2D eigenvalue weighted by molar-refractivity contribution is 5.97. The molecule has 0 saturated heterocycles. The van der Waals surface area contributed by atoms with Crippen molar-refractivity contribution in [1.82, 2.24) is 10.6 Å². The third kappa shape index (κ3) is 4.82. The van der Waals surface area contributed by atoms with Crippen LogP contribution in [0.5, 0.6) is 0 Å². The molecule has 1 aromatic rings. The Morgan fingerprint density at radius 2 is 2.00 bits per heavy atom. The molecule has 1 rings (SSSR count). The fraction of sp³-hybridized carbons (Fsp3) is 0.417. The topological polar surface area (TPSA) is 109 Å². The second-order valence-electron chi connectivity index (χ2n) is 4.21. The van der Waals surface area contributed by atoms with Crippen molar-refractivity contribution in [3.63, 3.8) is 0 Å². The Balaban J connectivity index is 2.44. The Kier molecular flexibility index (Phi) is 5.11. The van der Waals surface area contributed by atoms with Gasteiger partial charge in [-0.15, -0.1) is 0 Å². The van der Waals surface area contributed by atoms with Crippen LogP contribution in [0, 0.1) is 0 Å². The molecule has 0 aliphatic carbocycles. The number of aliphatic carboxylic acids is 1. The average Bonchev–Trinajstić information content (AvgIpc) is 2.80. The van der Waals surface area contributed by atoms with E-state index in [4.69, 9.17) is 9.52 Å². The first-order chi connectivity index (χ1) is 8.90. The standard InChI is InChI=1S/C12H16N2O5/c1-7(5-10(15)16)13-11(17)8(2)14-12(18)9-3-4-19-6-9/h3-4,6-8H,5H2,1-2H3,(H,13,17)(H,14,18)(H,15,16). The van der Waals surface area contributed by atoms with Gasteiger partial charge in [-0.25, -0.2) is 0 Å². The van der Waals surface area contributed by atoms with Gasteiger partial charge in [-0.05, 0) is 19.9 Å². The monoisotopic (exact) mass is 268 g/mol. The maximum atomic E-state index is 11.7. The third-order valence-corrected chi connectivity index (χ3v) is 2.39. The van der Waals surface area contributed by atoms with Crippen LogP contribution in [0.25, 0.3) is 0 Å². The highest BCUT2D eigenvalue weighted by Gasteiger charge is 2.19. The molecule has 3 N–H and O–H groups in total. The van der Waals surface area contributed by atoms with E-state index in [9.17, 15) is 14.4 Å². The Labute approximate surface area is 110 Å². The number of hydrogen-bond donors (Lipinski definition) is 3. The first kappa shape index (κ1) is 14.7. The van der Waals surface area contributed by atoms with Gasteiger partial charge < -0.3 is 20.2 Å². The summed E-state index contributed by atoms with van der Waals surface area (Å²) in [5, 5.41) is 13.6. The summed E-state index contributed by atoms with van der Waals surface area (Å²) in [4.78, 5) is 33.8. The highest BCUT2D eigenvalue weighted by Crippen LogP contribution is 2.00. The highest BCUT2D eigenvalue weighted by atomic mass is 16.4. The lowest BCUT2D eigenvalue weighted by molar-refractivity contribution is -0.137. The SMILES string of the molecule is CC(CC(=O)O)NC(=O)C(C)NC(=O)c1ccoc1. The summed E-state index contributed by atoms with van der Waals surface area (Å²) >= 11 is 0. The summed E-state index contributed by atoms with van der Waals surface area (Å²) in [7, 11) is 0. The van der Waals surface area contributed by atoms with E-state index in [1.165, 1.54) is 25.5 Å². The normalized spacial score (nSPS) is 13.4. The molecular weight excluding hydrogens is 252 g/mol. The van der Waals surface area contributed by atoms with E-state index in [0.29, 0.717) is 5.56 Å². The number of carbonyl (C=O) groups is 3. The lowest BCUT2D eigenvalue weighted by atomic mass is 10.2. The fourth-order valence-corrected chi connectivity index (χ4v) is 1.42. The van der Waals surface area contributed by atoms with Crippen LogP contribution in [0.2, 0.25) is 0 Å². The molecule has 0 aliphatic heterocycles. The van der Waals surface area contributed by atoms with Crippen molar-refractivity contribution >= 4 is 17.8 Å². The first-order valence-corrected chi connectivity index (χ1v) is 5.75. The van der Waals surface area contributed by atoms with Crippen molar-refractivity contribution in [2.45, 2.75) is 32.4 Å². The number of nitrogens with one attached hydrogen (secondary N) is 2. The number of carboxylic acids is 1. The molecule has 0 aliphatic rings. The molecule has 0 aromatic carbocycles. The van der Waals surface area contributed by atoms with Gasteiger partial charge >= 0.3 is 5.97 Å². The van der Waals surface area contributed by atoms with Crippen LogP contribution in [0.3, 0.4) is 0 Å². The maximum Gasteiger partial charge on any atom is 0.305 e. The predicted molar refractivity (Wildman–Crippen MR) is 65.5 cm³/mol. The quantitative estimate of drug-likeness (QED) is 0.691. The zero-order chi connectivity index (χ0) is 14.4. The summed E-state index contributed by atoms with van der Waals surface area (Å²) in [6.07, 6.45) is 2.45. The number of carboxylic acid groups (broad SMARTS) is 1. The van der Waals surface area contributed by atoms with Gasteiger partial charge in [0.15, 0.2) is 0 Å². The molecule has 104 valence electrons. The molecule has 0 fully saturated rings. The Morgan fingerprint density at radius 1 is 1.32 bits per heavy atom. The van der Waals surface area contributed by atoms with Crippen LogP contribution < -0.4 is 10.6 Å². The number of hydrogen-bond acceptors (Lipinski definition) is 4.